The second-order valence-corrected chi connectivity index (χ2v) is 8.40. The van der Waals surface area contributed by atoms with Crippen molar-refractivity contribution in [2.45, 2.75) is 36.6 Å². The van der Waals surface area contributed by atoms with Crippen LogP contribution in [0.3, 0.4) is 0 Å². The van der Waals surface area contributed by atoms with Crippen molar-refractivity contribution in [3.05, 3.63) is 59.4 Å². The molecule has 0 radical (unpaired) electrons. The number of nitrogens with zero attached hydrogens (tertiary/aromatic N) is 1. The number of rotatable bonds is 4. The fourth-order valence-corrected chi connectivity index (χ4v) is 4.94. The average molecular weight is 374 g/mol. The molecule has 1 heterocycles. The van der Waals surface area contributed by atoms with Crippen molar-refractivity contribution in [1.82, 2.24) is 4.72 Å². The predicted octanol–water partition coefficient (Wildman–Crippen LogP) is 2.40. The number of benzene rings is 2. The molecule has 1 atom stereocenters. The lowest BCUT2D eigenvalue weighted by Crippen LogP contribution is -2.41. The third-order valence-corrected chi connectivity index (χ3v) is 6.50. The van der Waals surface area contributed by atoms with Crippen LogP contribution in [-0.2, 0) is 27.7 Å². The molecule has 2 aromatic rings. The van der Waals surface area contributed by atoms with E-state index in [-0.39, 0.29) is 17.1 Å². The van der Waals surface area contributed by atoms with Crippen molar-refractivity contribution in [3.8, 4) is 0 Å². The lowest BCUT2D eigenvalue weighted by atomic mass is 10.1. The molecule has 1 saturated heterocycles. The molecule has 0 saturated carbocycles. The normalized spacial score (nSPS) is 19.8. The number of para-hydroxylation sites is 1. The molecule has 1 unspecified atom stereocenters. The van der Waals surface area contributed by atoms with E-state index in [1.54, 1.807) is 24.3 Å². The molecule has 2 aromatic carbocycles. The first-order chi connectivity index (χ1) is 12.5. The topological polar surface area (TPSA) is 66.5 Å². The number of carbonyl (C=O) groups excluding carboxylic acids is 1. The van der Waals surface area contributed by atoms with E-state index in [1.165, 1.54) is 22.6 Å². The largest absolute Gasteiger partial charge is 0.308 e. The van der Waals surface area contributed by atoms with E-state index in [1.807, 2.05) is 6.07 Å². The number of anilines is 1. The van der Waals surface area contributed by atoms with E-state index in [9.17, 15) is 17.6 Å². The van der Waals surface area contributed by atoms with Gasteiger partial charge in [-0.3, -0.25) is 4.79 Å². The van der Waals surface area contributed by atoms with Gasteiger partial charge in [-0.15, -0.1) is 0 Å². The molecule has 0 aromatic heterocycles. The lowest BCUT2D eigenvalue weighted by Gasteiger charge is -2.18. The van der Waals surface area contributed by atoms with Crippen LogP contribution in [0, 0.1) is 5.82 Å². The molecule has 2 aliphatic rings. The summed E-state index contributed by atoms with van der Waals surface area (Å²) in [4.78, 5) is 14.1. The third kappa shape index (κ3) is 3.01. The lowest BCUT2D eigenvalue weighted by molar-refractivity contribution is -0.118. The number of nitrogens with one attached hydrogen (secondary N) is 1. The van der Waals surface area contributed by atoms with E-state index in [0.717, 1.165) is 24.8 Å². The van der Waals surface area contributed by atoms with Crippen LogP contribution >= 0.6 is 0 Å². The summed E-state index contributed by atoms with van der Waals surface area (Å²) in [5, 5.41) is 0. The van der Waals surface area contributed by atoms with Gasteiger partial charge in [-0.05, 0) is 61.1 Å². The maximum Gasteiger partial charge on any atom is 0.245 e. The summed E-state index contributed by atoms with van der Waals surface area (Å²) in [6.45, 7) is 0.275. The summed E-state index contributed by atoms with van der Waals surface area (Å²) >= 11 is 0. The molecule has 0 spiro atoms. The Kier molecular flexibility index (Phi) is 4.28. The Morgan fingerprint density at radius 2 is 1.85 bits per heavy atom. The Bertz CT molecular complexity index is 974. The molecule has 1 amide bonds. The standard InChI is InChI=1S/C19H19FN2O3S/c20-16-6-1-2-7-18(16)22-11-10-17(19(22)23)21-26(24,25)15-9-8-13-4-3-5-14(13)12-15/h1-2,6-9,12,17,21H,3-5,10-11H2. The number of sulfonamides is 1. The van der Waals surface area contributed by atoms with Crippen LogP contribution in [-0.4, -0.2) is 26.9 Å². The highest BCUT2D eigenvalue weighted by Gasteiger charge is 2.36. The van der Waals surface area contributed by atoms with Gasteiger partial charge < -0.3 is 4.90 Å². The summed E-state index contributed by atoms with van der Waals surface area (Å²) in [6, 6.07) is 10.2. The van der Waals surface area contributed by atoms with Gasteiger partial charge in [0.1, 0.15) is 11.9 Å². The summed E-state index contributed by atoms with van der Waals surface area (Å²) < 4.78 is 41.8. The van der Waals surface area contributed by atoms with Crippen molar-refractivity contribution in [2.24, 2.45) is 0 Å². The Hall–Kier alpha value is -2.25. The molecule has 1 aliphatic carbocycles. The molecule has 1 N–H and O–H groups in total. The van der Waals surface area contributed by atoms with Crippen molar-refractivity contribution in [2.75, 3.05) is 11.4 Å². The number of carbonyl (C=O) groups is 1. The quantitative estimate of drug-likeness (QED) is 0.894. The first-order valence-electron chi connectivity index (χ1n) is 8.66. The number of aryl methyl sites for hydroxylation is 2. The molecule has 0 bridgehead atoms. The molecule has 7 heteroatoms. The van der Waals surface area contributed by atoms with Crippen LogP contribution in [0.4, 0.5) is 10.1 Å². The Morgan fingerprint density at radius 1 is 1.08 bits per heavy atom. The minimum absolute atomic E-state index is 0.176. The second-order valence-electron chi connectivity index (χ2n) is 6.69. The van der Waals surface area contributed by atoms with Gasteiger partial charge in [-0.1, -0.05) is 18.2 Å². The van der Waals surface area contributed by atoms with Crippen molar-refractivity contribution in [3.63, 3.8) is 0 Å². The van der Waals surface area contributed by atoms with E-state index in [0.29, 0.717) is 6.42 Å². The number of hydrogen-bond donors (Lipinski definition) is 1. The highest BCUT2D eigenvalue weighted by Crippen LogP contribution is 2.27. The van der Waals surface area contributed by atoms with Crippen molar-refractivity contribution < 1.29 is 17.6 Å². The second kappa shape index (κ2) is 6.48. The highest BCUT2D eigenvalue weighted by atomic mass is 32.2. The predicted molar refractivity (Wildman–Crippen MR) is 95.9 cm³/mol. The molecule has 1 fully saturated rings. The van der Waals surface area contributed by atoms with Gasteiger partial charge in [-0.25, -0.2) is 12.8 Å². The third-order valence-electron chi connectivity index (χ3n) is 5.03. The van der Waals surface area contributed by atoms with E-state index in [4.69, 9.17) is 0 Å². The van der Waals surface area contributed by atoms with Gasteiger partial charge in [0.25, 0.3) is 0 Å². The fourth-order valence-electron chi connectivity index (χ4n) is 3.67. The molecule has 4 rings (SSSR count). The van der Waals surface area contributed by atoms with Crippen LogP contribution < -0.4 is 9.62 Å². The van der Waals surface area contributed by atoms with Crippen LogP contribution in [0.1, 0.15) is 24.0 Å². The Labute approximate surface area is 151 Å². The maximum atomic E-state index is 13.9. The van der Waals surface area contributed by atoms with Crippen LogP contribution in [0.15, 0.2) is 47.4 Å². The molecule has 5 nitrogen and oxygen atoms in total. The Morgan fingerprint density at radius 3 is 2.65 bits per heavy atom. The summed E-state index contributed by atoms with van der Waals surface area (Å²) in [5.74, 6) is -0.928. The molecule has 136 valence electrons. The Balaban J connectivity index is 1.54. The zero-order chi connectivity index (χ0) is 18.3. The smallest absolute Gasteiger partial charge is 0.245 e. The summed E-state index contributed by atoms with van der Waals surface area (Å²) in [7, 11) is -3.81. The van der Waals surface area contributed by atoms with Crippen LogP contribution in [0.25, 0.3) is 0 Å². The number of halogens is 1. The molecular formula is C19H19FN2O3S. The monoisotopic (exact) mass is 374 g/mol. The van der Waals surface area contributed by atoms with Crippen LogP contribution in [0.2, 0.25) is 0 Å². The van der Waals surface area contributed by atoms with E-state index < -0.39 is 27.8 Å². The summed E-state index contributed by atoms with van der Waals surface area (Å²) in [5.41, 5.74) is 2.42. The van der Waals surface area contributed by atoms with Gasteiger partial charge in [-0.2, -0.15) is 4.72 Å². The van der Waals surface area contributed by atoms with Gasteiger partial charge in [0.2, 0.25) is 15.9 Å². The summed E-state index contributed by atoms with van der Waals surface area (Å²) in [6.07, 6.45) is 3.19. The first-order valence-corrected chi connectivity index (χ1v) is 10.1. The zero-order valence-corrected chi connectivity index (χ0v) is 14.9. The minimum Gasteiger partial charge on any atom is -0.308 e. The molecule has 1 aliphatic heterocycles. The van der Waals surface area contributed by atoms with Crippen molar-refractivity contribution in [1.29, 1.82) is 0 Å². The van der Waals surface area contributed by atoms with E-state index >= 15 is 0 Å². The first kappa shape index (κ1) is 17.2. The number of amides is 1. The van der Waals surface area contributed by atoms with E-state index in [2.05, 4.69) is 4.72 Å². The van der Waals surface area contributed by atoms with Crippen molar-refractivity contribution >= 4 is 21.6 Å². The van der Waals surface area contributed by atoms with Gasteiger partial charge in [0.15, 0.2) is 0 Å². The van der Waals surface area contributed by atoms with Gasteiger partial charge in [0.05, 0.1) is 10.6 Å². The van der Waals surface area contributed by atoms with Gasteiger partial charge in [0, 0.05) is 6.54 Å². The maximum absolute atomic E-state index is 13.9. The minimum atomic E-state index is -3.81. The van der Waals surface area contributed by atoms with Gasteiger partial charge >= 0.3 is 0 Å². The molecule has 26 heavy (non-hydrogen) atoms. The SMILES string of the molecule is O=C1C(NS(=O)(=O)c2ccc3c(c2)CCC3)CCN1c1ccccc1F. The highest BCUT2D eigenvalue weighted by molar-refractivity contribution is 7.89. The number of fused-ring (bicyclic) bond motifs is 1. The fraction of sp³-hybridized carbons (Fsp3) is 0.316. The molecular weight excluding hydrogens is 355 g/mol. The zero-order valence-electron chi connectivity index (χ0n) is 14.1. The average Bonchev–Trinajstić information content (AvgIpc) is 3.22. The van der Waals surface area contributed by atoms with Crippen LogP contribution in [0.5, 0.6) is 0 Å². The number of hydrogen-bond acceptors (Lipinski definition) is 3.